The maximum absolute atomic E-state index is 12.6. The molecule has 0 aliphatic rings. The normalized spacial score (nSPS) is 11.1. The second-order valence-corrected chi connectivity index (χ2v) is 9.78. The predicted octanol–water partition coefficient (Wildman–Crippen LogP) is 7.72. The Kier molecular flexibility index (Phi) is 8.30. The van der Waals surface area contributed by atoms with Crippen molar-refractivity contribution in [1.82, 2.24) is 0 Å². The van der Waals surface area contributed by atoms with Crippen molar-refractivity contribution in [3.8, 4) is 11.8 Å². The van der Waals surface area contributed by atoms with E-state index in [1.807, 2.05) is 74.5 Å². The lowest BCUT2D eigenvalue weighted by atomic mass is 10.1. The van der Waals surface area contributed by atoms with Gasteiger partial charge in [-0.25, -0.2) is 0 Å². The third kappa shape index (κ3) is 6.32. The van der Waals surface area contributed by atoms with Crippen molar-refractivity contribution < 1.29 is 9.53 Å². The number of nitrogens with one attached hydrogen (secondary N) is 1. The highest BCUT2D eigenvalue weighted by Crippen LogP contribution is 2.36. The van der Waals surface area contributed by atoms with Crippen LogP contribution >= 0.6 is 47.8 Å². The first-order valence-corrected chi connectivity index (χ1v) is 12.0. The first-order chi connectivity index (χ1) is 15.3. The summed E-state index contributed by atoms with van der Waals surface area (Å²) >= 11 is 10.5. The molecule has 3 rings (SSSR count). The van der Waals surface area contributed by atoms with Crippen molar-refractivity contribution in [3.63, 3.8) is 0 Å². The number of carbonyl (C=O) groups is 1. The Hall–Kier alpha value is -2.40. The number of aryl methyl sites for hydroxylation is 2. The molecular weight excluding hydrogens is 600 g/mol. The molecule has 0 atom stereocenters. The molecule has 7 heteroatoms. The molecule has 0 saturated heterocycles. The predicted molar refractivity (Wildman–Crippen MR) is 138 cm³/mol. The highest BCUT2D eigenvalue weighted by molar-refractivity contribution is 9.11. The Morgan fingerprint density at radius 2 is 1.66 bits per heavy atom. The summed E-state index contributed by atoms with van der Waals surface area (Å²) in [7, 11) is 0. The summed E-state index contributed by atoms with van der Waals surface area (Å²) < 4.78 is 8.38. The topological polar surface area (TPSA) is 62.1 Å². The van der Waals surface area contributed by atoms with Gasteiger partial charge in [0.25, 0.3) is 5.91 Å². The van der Waals surface area contributed by atoms with E-state index in [9.17, 15) is 10.1 Å². The third-order valence-corrected chi connectivity index (χ3v) is 6.46. The van der Waals surface area contributed by atoms with Gasteiger partial charge in [0.2, 0.25) is 0 Å². The molecule has 1 N–H and O–H groups in total. The lowest BCUT2D eigenvalue weighted by Gasteiger charge is -2.12. The van der Waals surface area contributed by atoms with Gasteiger partial charge in [0, 0.05) is 10.2 Å². The first-order valence-electron chi connectivity index (χ1n) is 9.63. The zero-order chi connectivity index (χ0) is 23.3. The fourth-order valence-electron chi connectivity index (χ4n) is 2.87. The molecule has 0 fully saturated rings. The molecule has 0 spiro atoms. The average Bonchev–Trinajstić information content (AvgIpc) is 2.75. The van der Waals surface area contributed by atoms with Crippen molar-refractivity contribution in [2.75, 3.05) is 5.32 Å². The maximum atomic E-state index is 12.6. The zero-order valence-electron chi connectivity index (χ0n) is 17.4. The Balaban J connectivity index is 1.77. The zero-order valence-corrected chi connectivity index (χ0v) is 22.1. The molecule has 1 amide bonds. The smallest absolute Gasteiger partial charge is 0.266 e. The Morgan fingerprint density at radius 3 is 2.25 bits per heavy atom. The number of amides is 1. The number of benzene rings is 3. The molecule has 3 aromatic carbocycles. The number of hydrogen-bond acceptors (Lipinski definition) is 3. The van der Waals surface area contributed by atoms with Crippen LogP contribution in [0, 0.1) is 25.2 Å². The van der Waals surface area contributed by atoms with Crippen molar-refractivity contribution in [1.29, 1.82) is 5.26 Å². The fourth-order valence-corrected chi connectivity index (χ4v) is 4.58. The Labute approximate surface area is 212 Å². The van der Waals surface area contributed by atoms with Crippen LogP contribution in [0.4, 0.5) is 5.69 Å². The molecule has 0 aromatic heterocycles. The fraction of sp³-hybridized carbons (Fsp3) is 0.120. The molecule has 162 valence electrons. The summed E-state index contributed by atoms with van der Waals surface area (Å²) in [5.41, 5.74) is 4.58. The lowest BCUT2D eigenvalue weighted by molar-refractivity contribution is -0.112. The molecule has 0 aliphatic carbocycles. The van der Waals surface area contributed by atoms with Crippen LogP contribution in [0.5, 0.6) is 5.75 Å². The summed E-state index contributed by atoms with van der Waals surface area (Å²) in [5.74, 6) is 0.182. The number of ether oxygens (including phenoxy) is 1. The Morgan fingerprint density at radius 1 is 1.00 bits per heavy atom. The van der Waals surface area contributed by atoms with Crippen LogP contribution in [-0.4, -0.2) is 5.91 Å². The van der Waals surface area contributed by atoms with Crippen molar-refractivity contribution in [2.45, 2.75) is 20.5 Å². The van der Waals surface area contributed by atoms with Gasteiger partial charge in [-0.15, -0.1) is 0 Å². The van der Waals surface area contributed by atoms with E-state index in [0.29, 0.717) is 32.6 Å². The molecule has 0 bridgehead atoms. The highest BCUT2D eigenvalue weighted by atomic mass is 79.9. The molecule has 0 unspecified atom stereocenters. The second kappa shape index (κ2) is 11.0. The van der Waals surface area contributed by atoms with Gasteiger partial charge in [0.05, 0.1) is 8.95 Å². The molecule has 0 radical (unpaired) electrons. The van der Waals surface area contributed by atoms with Crippen LogP contribution in [0.1, 0.15) is 22.3 Å². The number of nitriles is 1. The highest BCUT2D eigenvalue weighted by Gasteiger charge is 2.13. The minimum absolute atomic E-state index is 0.00515. The summed E-state index contributed by atoms with van der Waals surface area (Å²) in [6, 6.07) is 19.1. The number of rotatable bonds is 6. The van der Waals surface area contributed by atoms with Crippen LogP contribution in [0.2, 0.25) is 0 Å². The number of hydrogen-bond donors (Lipinski definition) is 1. The number of carbonyl (C=O) groups excluding carboxylic acids is 1. The summed E-state index contributed by atoms with van der Waals surface area (Å²) in [4.78, 5) is 12.6. The van der Waals surface area contributed by atoms with E-state index in [1.54, 1.807) is 6.08 Å². The molecule has 3 aromatic rings. The lowest BCUT2D eigenvalue weighted by Crippen LogP contribution is -2.13. The van der Waals surface area contributed by atoms with Crippen LogP contribution in [-0.2, 0) is 11.4 Å². The summed E-state index contributed by atoms with van der Waals surface area (Å²) in [5, 5.41) is 12.3. The van der Waals surface area contributed by atoms with E-state index in [2.05, 4.69) is 53.1 Å². The van der Waals surface area contributed by atoms with Crippen LogP contribution in [0.15, 0.2) is 73.6 Å². The van der Waals surface area contributed by atoms with Gasteiger partial charge in [-0.05, 0) is 110 Å². The van der Waals surface area contributed by atoms with Gasteiger partial charge in [-0.1, -0.05) is 34.1 Å². The number of halogens is 3. The maximum Gasteiger partial charge on any atom is 0.266 e. The van der Waals surface area contributed by atoms with Gasteiger partial charge < -0.3 is 10.1 Å². The molecular formula is C25H19Br3N2O2. The first kappa shape index (κ1) is 24.2. The van der Waals surface area contributed by atoms with E-state index in [4.69, 9.17) is 4.74 Å². The van der Waals surface area contributed by atoms with E-state index >= 15 is 0 Å². The van der Waals surface area contributed by atoms with Crippen molar-refractivity contribution in [3.05, 3.63) is 95.8 Å². The van der Waals surface area contributed by atoms with Gasteiger partial charge in [-0.3, -0.25) is 4.79 Å². The van der Waals surface area contributed by atoms with Gasteiger partial charge in [0.15, 0.2) is 0 Å². The average molecular weight is 619 g/mol. The molecule has 4 nitrogen and oxygen atoms in total. The third-order valence-electron chi connectivity index (χ3n) is 4.76. The SMILES string of the molecule is Cc1ccc(NC(=O)/C(C#N)=C/c2cc(Br)c(OCc3ccc(Br)cc3)c(Br)c2)cc1C. The largest absolute Gasteiger partial charge is 0.487 e. The van der Waals surface area contributed by atoms with E-state index in [0.717, 1.165) is 21.2 Å². The van der Waals surface area contributed by atoms with Crippen LogP contribution < -0.4 is 10.1 Å². The van der Waals surface area contributed by atoms with Crippen molar-refractivity contribution in [2.24, 2.45) is 0 Å². The van der Waals surface area contributed by atoms with E-state index in [-0.39, 0.29) is 5.57 Å². The van der Waals surface area contributed by atoms with Gasteiger partial charge in [-0.2, -0.15) is 5.26 Å². The minimum Gasteiger partial charge on any atom is -0.487 e. The monoisotopic (exact) mass is 616 g/mol. The number of anilines is 1. The van der Waals surface area contributed by atoms with E-state index < -0.39 is 5.91 Å². The number of nitrogens with zero attached hydrogens (tertiary/aromatic N) is 1. The van der Waals surface area contributed by atoms with Gasteiger partial charge >= 0.3 is 0 Å². The van der Waals surface area contributed by atoms with E-state index in [1.165, 1.54) is 0 Å². The second-order valence-electron chi connectivity index (χ2n) is 7.15. The van der Waals surface area contributed by atoms with Crippen LogP contribution in [0.25, 0.3) is 6.08 Å². The molecule has 32 heavy (non-hydrogen) atoms. The van der Waals surface area contributed by atoms with Crippen molar-refractivity contribution >= 4 is 65.5 Å². The van der Waals surface area contributed by atoms with Gasteiger partial charge in [0.1, 0.15) is 24.0 Å². The molecule has 0 heterocycles. The summed E-state index contributed by atoms with van der Waals surface area (Å²) in [6.45, 7) is 4.38. The molecule has 0 aliphatic heterocycles. The van der Waals surface area contributed by atoms with Crippen LogP contribution in [0.3, 0.4) is 0 Å². The quantitative estimate of drug-likeness (QED) is 0.227. The minimum atomic E-state index is -0.460. The Bertz CT molecular complexity index is 1210. The molecule has 0 saturated carbocycles. The standard InChI is InChI=1S/C25H19Br3N2O2/c1-15-3-8-21(9-16(15)2)30-25(31)19(13-29)10-18-11-22(27)24(23(28)12-18)32-14-17-4-6-20(26)7-5-17/h3-12H,14H2,1-2H3,(H,30,31)/b19-10+. The summed E-state index contributed by atoms with van der Waals surface area (Å²) in [6.07, 6.45) is 1.55.